The van der Waals surface area contributed by atoms with Gasteiger partial charge in [0.25, 0.3) is 0 Å². The van der Waals surface area contributed by atoms with Crippen molar-refractivity contribution in [3.8, 4) is 16.9 Å². The summed E-state index contributed by atoms with van der Waals surface area (Å²) in [4.78, 5) is 12.2. The summed E-state index contributed by atoms with van der Waals surface area (Å²) < 4.78 is 5.62. The molecule has 2 aromatic carbocycles. The minimum Gasteiger partial charge on any atom is -0.427 e. The summed E-state index contributed by atoms with van der Waals surface area (Å²) in [7, 11) is 0. The molecule has 0 aromatic heterocycles. The van der Waals surface area contributed by atoms with Crippen molar-refractivity contribution in [3.05, 3.63) is 65.7 Å². The minimum atomic E-state index is -0.116. The lowest BCUT2D eigenvalue weighted by Gasteiger charge is -2.07. The van der Waals surface area contributed by atoms with Gasteiger partial charge in [-0.25, -0.2) is 0 Å². The molecule has 1 aliphatic rings. The summed E-state index contributed by atoms with van der Waals surface area (Å²) in [5.41, 5.74) is 6.72. The molecule has 1 aliphatic carbocycles. The lowest BCUT2D eigenvalue weighted by molar-refractivity contribution is -0.134. The number of unbranched alkanes of at least 4 members (excludes halogenated alkanes) is 7. The van der Waals surface area contributed by atoms with E-state index in [1.54, 1.807) is 0 Å². The first-order chi connectivity index (χ1) is 14.7. The number of aryl methyl sites for hydroxylation is 1. The molecule has 0 spiro atoms. The Labute approximate surface area is 182 Å². The van der Waals surface area contributed by atoms with E-state index >= 15 is 0 Å². The molecule has 30 heavy (non-hydrogen) atoms. The summed E-state index contributed by atoms with van der Waals surface area (Å²) in [5.74, 6) is 0.565. The number of carbonyl (C=O) groups excluding carboxylic acids is 1. The largest absolute Gasteiger partial charge is 0.427 e. The molecule has 2 aromatic rings. The maximum absolute atomic E-state index is 12.2. The number of esters is 1. The van der Waals surface area contributed by atoms with E-state index in [-0.39, 0.29) is 5.97 Å². The molecule has 0 radical (unpaired) electrons. The molecule has 0 bridgehead atoms. The average Bonchev–Trinajstić information content (AvgIpc) is 3.10. The Morgan fingerprint density at radius 2 is 1.67 bits per heavy atom. The number of hydrogen-bond acceptors (Lipinski definition) is 2. The van der Waals surface area contributed by atoms with Gasteiger partial charge < -0.3 is 4.74 Å². The van der Waals surface area contributed by atoms with Gasteiger partial charge >= 0.3 is 5.97 Å². The van der Waals surface area contributed by atoms with Crippen molar-refractivity contribution in [2.75, 3.05) is 0 Å². The van der Waals surface area contributed by atoms with Gasteiger partial charge in [0.15, 0.2) is 0 Å². The van der Waals surface area contributed by atoms with Gasteiger partial charge in [-0.3, -0.25) is 4.79 Å². The van der Waals surface area contributed by atoms with Crippen molar-refractivity contribution in [3.63, 3.8) is 0 Å². The Morgan fingerprint density at radius 3 is 2.47 bits per heavy atom. The fraction of sp³-hybridized carbons (Fsp3) is 0.464. The molecule has 0 N–H and O–H groups in total. The molecular weight excluding hydrogens is 368 g/mol. The molecule has 3 rings (SSSR count). The summed E-state index contributed by atoms with van der Waals surface area (Å²) in [6.45, 7) is 5.99. The SMILES string of the molecule is C=CCCCCCCCC(=O)Oc1ccc2c(c1)Cc1cc(CCCCC)ccc1-2. The van der Waals surface area contributed by atoms with Crippen LogP contribution in [0, 0.1) is 0 Å². The topological polar surface area (TPSA) is 26.3 Å². The zero-order chi connectivity index (χ0) is 21.2. The highest BCUT2D eigenvalue weighted by Crippen LogP contribution is 2.39. The number of ether oxygens (including phenoxy) is 1. The lowest BCUT2D eigenvalue weighted by Crippen LogP contribution is -2.07. The van der Waals surface area contributed by atoms with E-state index < -0.39 is 0 Å². The van der Waals surface area contributed by atoms with E-state index in [4.69, 9.17) is 4.74 Å². The van der Waals surface area contributed by atoms with Crippen LogP contribution in [-0.4, -0.2) is 5.97 Å². The van der Waals surface area contributed by atoms with Crippen LogP contribution in [0.3, 0.4) is 0 Å². The van der Waals surface area contributed by atoms with E-state index in [9.17, 15) is 4.79 Å². The summed E-state index contributed by atoms with van der Waals surface area (Å²) in [5, 5.41) is 0. The molecule has 0 heterocycles. The molecular formula is C28H36O2. The van der Waals surface area contributed by atoms with E-state index in [1.807, 2.05) is 12.1 Å². The third kappa shape index (κ3) is 6.32. The lowest BCUT2D eigenvalue weighted by atomic mass is 10.0. The fourth-order valence-corrected chi connectivity index (χ4v) is 4.31. The first-order valence-corrected chi connectivity index (χ1v) is 11.8. The Bertz CT molecular complexity index is 850. The van der Waals surface area contributed by atoms with Crippen LogP contribution in [0.2, 0.25) is 0 Å². The molecule has 2 heteroatoms. The minimum absolute atomic E-state index is 0.116. The molecule has 0 unspecified atom stereocenters. The van der Waals surface area contributed by atoms with Gasteiger partial charge in [-0.05, 0) is 78.5 Å². The van der Waals surface area contributed by atoms with Gasteiger partial charge in [0.05, 0.1) is 0 Å². The smallest absolute Gasteiger partial charge is 0.311 e. The summed E-state index contributed by atoms with van der Waals surface area (Å²) >= 11 is 0. The van der Waals surface area contributed by atoms with Crippen LogP contribution in [-0.2, 0) is 17.6 Å². The van der Waals surface area contributed by atoms with Crippen LogP contribution in [0.1, 0.15) is 87.8 Å². The maximum atomic E-state index is 12.2. The number of hydrogen-bond donors (Lipinski definition) is 0. The van der Waals surface area contributed by atoms with E-state index in [2.05, 4.69) is 43.8 Å². The van der Waals surface area contributed by atoms with Crippen LogP contribution < -0.4 is 4.74 Å². The van der Waals surface area contributed by atoms with Gasteiger partial charge in [-0.15, -0.1) is 6.58 Å². The Kier molecular flexibility index (Phi) is 8.74. The Morgan fingerprint density at radius 1 is 0.933 bits per heavy atom. The van der Waals surface area contributed by atoms with Crippen molar-refractivity contribution >= 4 is 5.97 Å². The first kappa shape index (κ1) is 22.3. The number of allylic oxidation sites excluding steroid dienone is 1. The second kappa shape index (κ2) is 11.7. The van der Waals surface area contributed by atoms with Crippen LogP contribution in [0.4, 0.5) is 0 Å². The van der Waals surface area contributed by atoms with E-state index in [0.29, 0.717) is 12.2 Å². The Balaban J connectivity index is 1.49. The number of fused-ring (bicyclic) bond motifs is 3. The van der Waals surface area contributed by atoms with Crippen molar-refractivity contribution in [2.24, 2.45) is 0 Å². The monoisotopic (exact) mass is 404 g/mol. The van der Waals surface area contributed by atoms with Gasteiger partial charge in [-0.1, -0.05) is 69.4 Å². The molecule has 0 saturated heterocycles. The number of carbonyl (C=O) groups is 1. The van der Waals surface area contributed by atoms with E-state index in [1.165, 1.54) is 66.3 Å². The second-order valence-electron chi connectivity index (χ2n) is 8.51. The standard InChI is InChI=1S/C28H36O2/c1-3-5-7-8-9-10-12-14-28(29)30-25-16-18-27-24(21-25)20-23-19-22(13-11-6-4-2)15-17-26(23)27/h3,15-19,21H,1,4-14,20H2,2H3. The van der Waals surface area contributed by atoms with Gasteiger partial charge in [-0.2, -0.15) is 0 Å². The van der Waals surface area contributed by atoms with Crippen LogP contribution in [0.5, 0.6) is 5.75 Å². The first-order valence-electron chi connectivity index (χ1n) is 11.8. The molecule has 160 valence electrons. The van der Waals surface area contributed by atoms with Crippen molar-refractivity contribution in [1.82, 2.24) is 0 Å². The van der Waals surface area contributed by atoms with Crippen LogP contribution in [0.25, 0.3) is 11.1 Å². The molecule has 0 atom stereocenters. The maximum Gasteiger partial charge on any atom is 0.311 e. The zero-order valence-electron chi connectivity index (χ0n) is 18.6. The fourth-order valence-electron chi connectivity index (χ4n) is 4.31. The third-order valence-electron chi connectivity index (χ3n) is 6.01. The summed E-state index contributed by atoms with van der Waals surface area (Å²) in [6.07, 6.45) is 15.1. The van der Waals surface area contributed by atoms with Gasteiger partial charge in [0, 0.05) is 6.42 Å². The highest BCUT2D eigenvalue weighted by atomic mass is 16.5. The average molecular weight is 405 g/mol. The molecule has 0 aliphatic heterocycles. The highest BCUT2D eigenvalue weighted by molar-refractivity contribution is 5.79. The van der Waals surface area contributed by atoms with Gasteiger partial charge in [0.2, 0.25) is 0 Å². The molecule has 0 fully saturated rings. The molecule has 0 saturated carbocycles. The van der Waals surface area contributed by atoms with Gasteiger partial charge in [0.1, 0.15) is 5.75 Å². The summed E-state index contributed by atoms with van der Waals surface area (Å²) in [6, 6.07) is 13.0. The van der Waals surface area contributed by atoms with E-state index in [0.717, 1.165) is 32.1 Å². The zero-order valence-corrected chi connectivity index (χ0v) is 18.6. The second-order valence-corrected chi connectivity index (χ2v) is 8.51. The highest BCUT2D eigenvalue weighted by Gasteiger charge is 2.19. The molecule has 2 nitrogen and oxygen atoms in total. The predicted octanol–water partition coefficient (Wildman–Crippen LogP) is 7.81. The predicted molar refractivity (Wildman–Crippen MR) is 126 cm³/mol. The van der Waals surface area contributed by atoms with Crippen molar-refractivity contribution < 1.29 is 9.53 Å². The van der Waals surface area contributed by atoms with Crippen molar-refractivity contribution in [1.29, 1.82) is 0 Å². The Hall–Kier alpha value is -2.35. The number of rotatable bonds is 13. The molecule has 0 amide bonds. The van der Waals surface area contributed by atoms with Crippen LogP contribution >= 0.6 is 0 Å². The quantitative estimate of drug-likeness (QED) is 0.126. The normalized spacial score (nSPS) is 11.8. The van der Waals surface area contributed by atoms with Crippen molar-refractivity contribution in [2.45, 2.75) is 84.0 Å². The third-order valence-corrected chi connectivity index (χ3v) is 6.01. The number of benzene rings is 2. The van der Waals surface area contributed by atoms with Crippen LogP contribution in [0.15, 0.2) is 49.1 Å².